The van der Waals surface area contributed by atoms with Crippen molar-refractivity contribution < 1.29 is 19.1 Å². The molecule has 0 saturated carbocycles. The molecule has 1 aliphatic heterocycles. The zero-order valence-electron chi connectivity index (χ0n) is 14.3. The van der Waals surface area contributed by atoms with Crippen LogP contribution in [0.1, 0.15) is 22.3 Å². The largest absolute Gasteiger partial charge is 0.497 e. The summed E-state index contributed by atoms with van der Waals surface area (Å²) in [6.07, 6.45) is 1.75. The number of primary amides is 1. The second kappa shape index (κ2) is 7.66. The van der Waals surface area contributed by atoms with Crippen LogP contribution in [0.2, 0.25) is 5.02 Å². The minimum Gasteiger partial charge on any atom is -0.497 e. The summed E-state index contributed by atoms with van der Waals surface area (Å²) in [5.74, 6) is 0.149. The molecule has 1 heterocycles. The summed E-state index contributed by atoms with van der Waals surface area (Å²) < 4.78 is 10.8. The van der Waals surface area contributed by atoms with Crippen molar-refractivity contribution in [3.05, 3.63) is 52.5 Å². The molecule has 2 amide bonds. The van der Waals surface area contributed by atoms with Gasteiger partial charge in [-0.15, -0.1) is 0 Å². The van der Waals surface area contributed by atoms with Crippen molar-refractivity contribution in [2.45, 2.75) is 12.8 Å². The van der Waals surface area contributed by atoms with Gasteiger partial charge in [-0.2, -0.15) is 0 Å². The van der Waals surface area contributed by atoms with E-state index in [4.69, 9.17) is 26.8 Å². The predicted octanol–water partition coefficient (Wildman–Crippen LogP) is 2.81. The summed E-state index contributed by atoms with van der Waals surface area (Å²) in [6, 6.07) is 10.2. The Morgan fingerprint density at radius 3 is 2.77 bits per heavy atom. The SMILES string of the molecule is COc1ccc2c(c1)CCCN2C(=O)COc1ccc(Cl)cc1C(N)=O. The van der Waals surface area contributed by atoms with Crippen molar-refractivity contribution in [2.24, 2.45) is 5.73 Å². The molecule has 1 aliphatic rings. The number of anilines is 1. The minimum atomic E-state index is -0.662. The van der Waals surface area contributed by atoms with E-state index in [-0.39, 0.29) is 23.8 Å². The molecular formula is C19H19ClN2O4. The molecule has 7 heteroatoms. The summed E-state index contributed by atoms with van der Waals surface area (Å²) >= 11 is 5.88. The number of hydrogen-bond acceptors (Lipinski definition) is 4. The van der Waals surface area contributed by atoms with E-state index in [1.165, 1.54) is 12.1 Å². The molecule has 0 aromatic heterocycles. The standard InChI is InChI=1S/C19H19ClN2O4/c1-25-14-5-6-16-12(9-14)3-2-8-22(16)18(23)11-26-17-7-4-13(20)10-15(17)19(21)24/h4-7,9-10H,2-3,8,11H2,1H3,(H2,21,24). The van der Waals surface area contributed by atoms with Gasteiger partial charge in [-0.25, -0.2) is 0 Å². The molecule has 0 atom stereocenters. The molecule has 26 heavy (non-hydrogen) atoms. The number of carbonyl (C=O) groups is 2. The van der Waals surface area contributed by atoms with Crippen LogP contribution in [0.3, 0.4) is 0 Å². The van der Waals surface area contributed by atoms with Gasteiger partial charge in [-0.3, -0.25) is 9.59 Å². The van der Waals surface area contributed by atoms with Gasteiger partial charge >= 0.3 is 0 Å². The van der Waals surface area contributed by atoms with Gasteiger partial charge in [0, 0.05) is 17.3 Å². The van der Waals surface area contributed by atoms with Crippen molar-refractivity contribution >= 4 is 29.1 Å². The quantitative estimate of drug-likeness (QED) is 0.872. The Balaban J connectivity index is 1.75. The molecule has 0 spiro atoms. The van der Waals surface area contributed by atoms with Crippen LogP contribution in [-0.4, -0.2) is 32.1 Å². The van der Waals surface area contributed by atoms with E-state index in [2.05, 4.69) is 0 Å². The second-order valence-electron chi connectivity index (χ2n) is 5.94. The van der Waals surface area contributed by atoms with Gasteiger partial charge in [0.2, 0.25) is 0 Å². The van der Waals surface area contributed by atoms with Crippen molar-refractivity contribution in [3.8, 4) is 11.5 Å². The number of fused-ring (bicyclic) bond motifs is 1. The average Bonchev–Trinajstić information content (AvgIpc) is 2.65. The Morgan fingerprint density at radius 1 is 1.23 bits per heavy atom. The number of carbonyl (C=O) groups excluding carboxylic acids is 2. The molecular weight excluding hydrogens is 356 g/mol. The highest BCUT2D eigenvalue weighted by Crippen LogP contribution is 2.31. The molecule has 136 valence electrons. The first-order chi connectivity index (χ1) is 12.5. The maximum Gasteiger partial charge on any atom is 0.264 e. The Labute approximate surface area is 156 Å². The van der Waals surface area contributed by atoms with Gasteiger partial charge in [-0.05, 0) is 54.8 Å². The topological polar surface area (TPSA) is 81.9 Å². The number of aryl methyl sites for hydroxylation is 1. The van der Waals surface area contributed by atoms with E-state index in [0.717, 1.165) is 29.8 Å². The number of amides is 2. The molecule has 0 unspecified atom stereocenters. The van der Waals surface area contributed by atoms with Crippen LogP contribution in [0.25, 0.3) is 0 Å². The normalized spacial score (nSPS) is 13.1. The molecule has 0 saturated heterocycles. The summed E-state index contributed by atoms with van der Waals surface area (Å²) in [7, 11) is 1.61. The van der Waals surface area contributed by atoms with E-state index < -0.39 is 5.91 Å². The van der Waals surface area contributed by atoms with Crippen LogP contribution in [0, 0.1) is 0 Å². The van der Waals surface area contributed by atoms with Crippen molar-refractivity contribution in [3.63, 3.8) is 0 Å². The number of rotatable bonds is 5. The summed E-state index contributed by atoms with van der Waals surface area (Å²) in [6.45, 7) is 0.415. The fourth-order valence-electron chi connectivity index (χ4n) is 3.00. The molecule has 6 nitrogen and oxygen atoms in total. The van der Waals surface area contributed by atoms with Gasteiger partial charge in [0.1, 0.15) is 11.5 Å². The van der Waals surface area contributed by atoms with E-state index in [0.29, 0.717) is 11.6 Å². The Bertz CT molecular complexity index is 853. The number of benzene rings is 2. The lowest BCUT2D eigenvalue weighted by molar-refractivity contribution is -0.120. The fourth-order valence-corrected chi connectivity index (χ4v) is 3.17. The maximum atomic E-state index is 12.7. The molecule has 3 rings (SSSR count). The summed E-state index contributed by atoms with van der Waals surface area (Å²) in [5.41, 5.74) is 7.41. The van der Waals surface area contributed by atoms with E-state index in [9.17, 15) is 9.59 Å². The van der Waals surface area contributed by atoms with Gasteiger partial charge < -0.3 is 20.1 Å². The number of nitrogens with two attached hydrogens (primary N) is 1. The summed E-state index contributed by atoms with van der Waals surface area (Å²) in [5, 5.41) is 0.372. The second-order valence-corrected chi connectivity index (χ2v) is 6.37. The average molecular weight is 375 g/mol. The van der Waals surface area contributed by atoms with Gasteiger partial charge in [0.05, 0.1) is 12.7 Å². The first kappa shape index (κ1) is 18.1. The van der Waals surface area contributed by atoms with Crippen LogP contribution in [0.15, 0.2) is 36.4 Å². The molecule has 0 aliphatic carbocycles. The highest BCUT2D eigenvalue weighted by atomic mass is 35.5. The molecule has 2 aromatic rings. The van der Waals surface area contributed by atoms with E-state index >= 15 is 0 Å². The van der Waals surface area contributed by atoms with Crippen molar-refractivity contribution in [2.75, 3.05) is 25.2 Å². The van der Waals surface area contributed by atoms with E-state index in [1.54, 1.807) is 18.1 Å². The minimum absolute atomic E-state index is 0.147. The highest BCUT2D eigenvalue weighted by molar-refractivity contribution is 6.31. The molecule has 0 bridgehead atoms. The zero-order valence-corrected chi connectivity index (χ0v) is 15.1. The number of nitrogens with zero attached hydrogens (tertiary/aromatic N) is 1. The van der Waals surface area contributed by atoms with Crippen LogP contribution >= 0.6 is 11.6 Å². The first-order valence-corrected chi connectivity index (χ1v) is 8.57. The number of halogens is 1. The third-order valence-electron chi connectivity index (χ3n) is 4.26. The van der Waals surface area contributed by atoms with Crippen molar-refractivity contribution in [1.82, 2.24) is 0 Å². The lowest BCUT2D eigenvalue weighted by atomic mass is 10.0. The fraction of sp³-hybridized carbons (Fsp3) is 0.263. The van der Waals surface area contributed by atoms with Crippen LogP contribution in [0.5, 0.6) is 11.5 Å². The molecule has 0 fully saturated rings. The van der Waals surface area contributed by atoms with Gasteiger partial charge in [-0.1, -0.05) is 11.6 Å². The third-order valence-corrected chi connectivity index (χ3v) is 4.50. The first-order valence-electron chi connectivity index (χ1n) is 8.19. The maximum absolute atomic E-state index is 12.7. The number of methoxy groups -OCH3 is 1. The summed E-state index contributed by atoms with van der Waals surface area (Å²) in [4.78, 5) is 25.9. The monoisotopic (exact) mass is 374 g/mol. The lowest BCUT2D eigenvalue weighted by Crippen LogP contribution is -2.38. The van der Waals surface area contributed by atoms with Gasteiger partial charge in [0.15, 0.2) is 6.61 Å². The van der Waals surface area contributed by atoms with Crippen molar-refractivity contribution in [1.29, 1.82) is 0 Å². The third kappa shape index (κ3) is 3.75. The Morgan fingerprint density at radius 2 is 2.04 bits per heavy atom. The van der Waals surface area contributed by atoms with Crippen LogP contribution < -0.4 is 20.1 Å². The molecule has 0 radical (unpaired) electrons. The van der Waals surface area contributed by atoms with E-state index in [1.807, 2.05) is 18.2 Å². The molecule has 2 aromatic carbocycles. The predicted molar refractivity (Wildman–Crippen MR) is 99.1 cm³/mol. The van der Waals surface area contributed by atoms with Crippen LogP contribution in [0.4, 0.5) is 5.69 Å². The molecule has 2 N–H and O–H groups in total. The van der Waals surface area contributed by atoms with Crippen LogP contribution in [-0.2, 0) is 11.2 Å². The smallest absolute Gasteiger partial charge is 0.264 e. The number of hydrogen-bond donors (Lipinski definition) is 1. The highest BCUT2D eigenvalue weighted by Gasteiger charge is 2.23. The van der Waals surface area contributed by atoms with Gasteiger partial charge in [0.25, 0.3) is 11.8 Å². The zero-order chi connectivity index (χ0) is 18.7. The Hall–Kier alpha value is -2.73. The number of ether oxygens (including phenoxy) is 2. The lowest BCUT2D eigenvalue weighted by Gasteiger charge is -2.29. The Kier molecular flexibility index (Phi) is 5.32.